The number of carbonyl (C=O) groups excluding carboxylic acids is 1. The molecule has 1 aliphatic heterocycles. The molecule has 3 rings (SSSR count). The second-order valence-corrected chi connectivity index (χ2v) is 5.50. The number of fused-ring (bicyclic) bond motifs is 1. The molecule has 0 radical (unpaired) electrons. The van der Waals surface area contributed by atoms with Gasteiger partial charge in [-0.05, 0) is 31.9 Å². The Hall–Kier alpha value is -2.36. The van der Waals surface area contributed by atoms with E-state index in [2.05, 4.69) is 4.98 Å². The molecule has 0 unspecified atom stereocenters. The molecule has 4 heteroatoms. The van der Waals surface area contributed by atoms with E-state index >= 15 is 0 Å². The SMILES string of the molecule is C/C=C/C=C/C(=O)N1CCC(c2nc3ccccc3o2)CC1. The number of piperidine rings is 1. The molecule has 4 nitrogen and oxygen atoms in total. The molecule has 1 amide bonds. The van der Waals surface area contributed by atoms with Gasteiger partial charge in [-0.3, -0.25) is 4.79 Å². The van der Waals surface area contributed by atoms with E-state index in [0.29, 0.717) is 5.92 Å². The van der Waals surface area contributed by atoms with E-state index in [9.17, 15) is 4.79 Å². The van der Waals surface area contributed by atoms with Gasteiger partial charge < -0.3 is 9.32 Å². The summed E-state index contributed by atoms with van der Waals surface area (Å²) < 4.78 is 5.84. The Morgan fingerprint density at radius 3 is 2.77 bits per heavy atom. The lowest BCUT2D eigenvalue weighted by molar-refractivity contribution is -0.127. The fraction of sp³-hybridized carbons (Fsp3) is 0.333. The number of rotatable bonds is 3. The van der Waals surface area contributed by atoms with Crippen molar-refractivity contribution in [2.24, 2.45) is 0 Å². The molecule has 0 atom stereocenters. The van der Waals surface area contributed by atoms with Gasteiger partial charge in [0.2, 0.25) is 5.91 Å². The zero-order valence-electron chi connectivity index (χ0n) is 12.7. The predicted octanol–water partition coefficient (Wildman–Crippen LogP) is 3.67. The molecule has 0 spiro atoms. The van der Waals surface area contributed by atoms with Crippen molar-refractivity contribution in [3.05, 3.63) is 54.5 Å². The van der Waals surface area contributed by atoms with Crippen LogP contribution in [0.4, 0.5) is 0 Å². The van der Waals surface area contributed by atoms with Gasteiger partial charge in [0.05, 0.1) is 0 Å². The Kier molecular flexibility index (Phi) is 4.37. The minimum atomic E-state index is 0.0779. The molecule has 1 saturated heterocycles. The first-order valence-electron chi connectivity index (χ1n) is 7.71. The summed E-state index contributed by atoms with van der Waals surface area (Å²) in [5.41, 5.74) is 1.75. The van der Waals surface area contributed by atoms with Crippen molar-refractivity contribution in [3.63, 3.8) is 0 Å². The number of oxazole rings is 1. The molecule has 0 saturated carbocycles. The standard InChI is InChI=1S/C18H20N2O2/c1-2-3-4-9-17(21)20-12-10-14(11-13-20)18-19-15-7-5-6-8-16(15)22-18/h2-9,14H,10-13H2,1H3/b3-2+,9-4+. The first-order chi connectivity index (χ1) is 10.8. The highest BCUT2D eigenvalue weighted by Gasteiger charge is 2.26. The van der Waals surface area contributed by atoms with E-state index in [1.807, 2.05) is 48.2 Å². The molecule has 1 fully saturated rings. The van der Waals surface area contributed by atoms with Gasteiger partial charge in [0, 0.05) is 25.1 Å². The molecule has 1 aliphatic rings. The Labute approximate surface area is 130 Å². The molecule has 1 aromatic heterocycles. The van der Waals surface area contributed by atoms with Crippen LogP contribution in [0.5, 0.6) is 0 Å². The van der Waals surface area contributed by atoms with Crippen LogP contribution in [-0.4, -0.2) is 28.9 Å². The van der Waals surface area contributed by atoms with Crippen LogP contribution in [0.25, 0.3) is 11.1 Å². The highest BCUT2D eigenvalue weighted by atomic mass is 16.3. The lowest BCUT2D eigenvalue weighted by Gasteiger charge is -2.29. The molecule has 0 bridgehead atoms. The molecule has 114 valence electrons. The zero-order valence-corrected chi connectivity index (χ0v) is 12.7. The number of hydrogen-bond donors (Lipinski definition) is 0. The summed E-state index contributed by atoms with van der Waals surface area (Å²) in [6.07, 6.45) is 8.98. The molecule has 2 heterocycles. The minimum Gasteiger partial charge on any atom is -0.440 e. The third-order valence-corrected chi connectivity index (χ3v) is 4.01. The highest BCUT2D eigenvalue weighted by Crippen LogP contribution is 2.29. The Morgan fingerprint density at radius 1 is 1.27 bits per heavy atom. The van der Waals surface area contributed by atoms with Crippen LogP contribution >= 0.6 is 0 Å². The topological polar surface area (TPSA) is 46.3 Å². The maximum Gasteiger partial charge on any atom is 0.246 e. The molecule has 22 heavy (non-hydrogen) atoms. The maximum absolute atomic E-state index is 12.0. The van der Waals surface area contributed by atoms with Crippen molar-refractivity contribution >= 4 is 17.0 Å². The van der Waals surface area contributed by atoms with Gasteiger partial charge in [0.25, 0.3) is 0 Å². The quantitative estimate of drug-likeness (QED) is 0.641. The van der Waals surface area contributed by atoms with Crippen LogP contribution < -0.4 is 0 Å². The lowest BCUT2D eigenvalue weighted by atomic mass is 9.97. The summed E-state index contributed by atoms with van der Waals surface area (Å²) >= 11 is 0. The zero-order chi connectivity index (χ0) is 15.4. The van der Waals surface area contributed by atoms with Gasteiger partial charge in [0.15, 0.2) is 11.5 Å². The number of para-hydroxylation sites is 2. The van der Waals surface area contributed by atoms with Gasteiger partial charge in [-0.25, -0.2) is 4.98 Å². The van der Waals surface area contributed by atoms with E-state index in [1.165, 1.54) is 0 Å². The average molecular weight is 296 g/mol. The van der Waals surface area contributed by atoms with Crippen LogP contribution in [0.2, 0.25) is 0 Å². The van der Waals surface area contributed by atoms with Crippen LogP contribution in [0.15, 0.2) is 53.0 Å². The number of aromatic nitrogens is 1. The third-order valence-electron chi connectivity index (χ3n) is 4.01. The Morgan fingerprint density at radius 2 is 2.05 bits per heavy atom. The maximum atomic E-state index is 12.0. The summed E-state index contributed by atoms with van der Waals surface area (Å²) in [4.78, 5) is 18.5. The molecule has 2 aromatic rings. The van der Waals surface area contributed by atoms with Crippen LogP contribution in [0.3, 0.4) is 0 Å². The second kappa shape index (κ2) is 6.60. The number of benzene rings is 1. The van der Waals surface area contributed by atoms with E-state index in [-0.39, 0.29) is 5.91 Å². The molecule has 1 aromatic carbocycles. The first-order valence-corrected chi connectivity index (χ1v) is 7.71. The minimum absolute atomic E-state index is 0.0779. The lowest BCUT2D eigenvalue weighted by Crippen LogP contribution is -2.36. The Balaban J connectivity index is 1.62. The van der Waals surface area contributed by atoms with Gasteiger partial charge in [-0.1, -0.05) is 30.4 Å². The van der Waals surface area contributed by atoms with Crippen LogP contribution in [-0.2, 0) is 4.79 Å². The monoisotopic (exact) mass is 296 g/mol. The van der Waals surface area contributed by atoms with Crippen molar-refractivity contribution in [3.8, 4) is 0 Å². The number of amides is 1. The number of likely N-dealkylation sites (tertiary alicyclic amines) is 1. The summed E-state index contributed by atoms with van der Waals surface area (Å²) in [6, 6.07) is 7.83. The largest absolute Gasteiger partial charge is 0.440 e. The van der Waals surface area contributed by atoms with Gasteiger partial charge >= 0.3 is 0 Å². The highest BCUT2D eigenvalue weighted by molar-refractivity contribution is 5.87. The van der Waals surface area contributed by atoms with Crippen molar-refractivity contribution in [2.45, 2.75) is 25.7 Å². The summed E-state index contributed by atoms with van der Waals surface area (Å²) in [5, 5.41) is 0. The fourth-order valence-corrected chi connectivity index (χ4v) is 2.77. The fourth-order valence-electron chi connectivity index (χ4n) is 2.77. The van der Waals surface area contributed by atoms with Gasteiger partial charge in [-0.2, -0.15) is 0 Å². The van der Waals surface area contributed by atoms with Crippen LogP contribution in [0.1, 0.15) is 31.6 Å². The van der Waals surface area contributed by atoms with E-state index < -0.39 is 0 Å². The first kappa shape index (κ1) is 14.6. The number of allylic oxidation sites excluding steroid dienone is 3. The summed E-state index contributed by atoms with van der Waals surface area (Å²) in [5.74, 6) is 1.18. The van der Waals surface area contributed by atoms with Gasteiger partial charge in [0.1, 0.15) is 5.52 Å². The molecule has 0 N–H and O–H groups in total. The predicted molar refractivity (Wildman–Crippen MR) is 86.5 cm³/mol. The van der Waals surface area contributed by atoms with Crippen molar-refractivity contribution in [2.75, 3.05) is 13.1 Å². The number of carbonyl (C=O) groups is 1. The smallest absolute Gasteiger partial charge is 0.246 e. The average Bonchev–Trinajstić information content (AvgIpc) is 2.99. The molecular formula is C18H20N2O2. The molecular weight excluding hydrogens is 276 g/mol. The molecule has 0 aliphatic carbocycles. The number of hydrogen-bond acceptors (Lipinski definition) is 3. The summed E-state index contributed by atoms with van der Waals surface area (Å²) in [6.45, 7) is 3.44. The van der Waals surface area contributed by atoms with Crippen LogP contribution in [0, 0.1) is 0 Å². The second-order valence-electron chi connectivity index (χ2n) is 5.50. The van der Waals surface area contributed by atoms with Crippen molar-refractivity contribution in [1.82, 2.24) is 9.88 Å². The Bertz CT molecular complexity index is 674. The van der Waals surface area contributed by atoms with E-state index in [4.69, 9.17) is 4.42 Å². The third kappa shape index (κ3) is 3.11. The van der Waals surface area contributed by atoms with E-state index in [0.717, 1.165) is 42.9 Å². The number of nitrogens with zero attached hydrogens (tertiary/aromatic N) is 2. The normalized spacial score (nSPS) is 17.0. The summed E-state index contributed by atoms with van der Waals surface area (Å²) in [7, 11) is 0. The van der Waals surface area contributed by atoms with Gasteiger partial charge in [-0.15, -0.1) is 0 Å². The van der Waals surface area contributed by atoms with Crippen molar-refractivity contribution < 1.29 is 9.21 Å². The van der Waals surface area contributed by atoms with Crippen molar-refractivity contribution in [1.29, 1.82) is 0 Å². The van der Waals surface area contributed by atoms with E-state index in [1.54, 1.807) is 12.2 Å².